The molecule has 0 saturated heterocycles. The molecule has 0 radical (unpaired) electrons. The third kappa shape index (κ3) is 3.69. The van der Waals surface area contributed by atoms with Gasteiger partial charge < -0.3 is 14.0 Å². The lowest BCUT2D eigenvalue weighted by Gasteiger charge is -2.11. The van der Waals surface area contributed by atoms with E-state index in [4.69, 9.17) is 14.6 Å². The van der Waals surface area contributed by atoms with Gasteiger partial charge in [-0.2, -0.15) is 5.10 Å². The fourth-order valence-electron chi connectivity index (χ4n) is 4.42. The topological polar surface area (TPSA) is 83.5 Å². The summed E-state index contributed by atoms with van der Waals surface area (Å²) in [6, 6.07) is 13.7. The van der Waals surface area contributed by atoms with Crippen molar-refractivity contribution < 1.29 is 13.9 Å². The summed E-state index contributed by atoms with van der Waals surface area (Å²) in [5.41, 5.74) is 4.36. The third-order valence-corrected chi connectivity index (χ3v) is 6.16. The van der Waals surface area contributed by atoms with Crippen LogP contribution in [0.15, 0.2) is 59.5 Å². The highest BCUT2D eigenvalue weighted by molar-refractivity contribution is 5.84. The van der Waals surface area contributed by atoms with Crippen LogP contribution in [-0.2, 0) is 13.0 Å². The maximum Gasteiger partial charge on any atom is 0.280 e. The van der Waals surface area contributed by atoms with Gasteiger partial charge in [-0.1, -0.05) is 25.1 Å². The molecule has 4 heterocycles. The number of benzene rings is 2. The van der Waals surface area contributed by atoms with Crippen molar-refractivity contribution in [2.24, 2.45) is 0 Å². The molecule has 0 aliphatic carbocycles. The SMILES string of the molecule is CCc1nn2c(nnc3c(=O)n(Cc4ccc5c(c4)OCCCO5)ccc32)c1-c1ccc(F)cc1. The Morgan fingerprint density at radius 1 is 1.00 bits per heavy atom. The molecule has 0 atom stereocenters. The van der Waals surface area contributed by atoms with Crippen LogP contribution in [0.1, 0.15) is 24.6 Å². The van der Waals surface area contributed by atoms with Gasteiger partial charge in [0.25, 0.3) is 5.56 Å². The first-order valence-corrected chi connectivity index (χ1v) is 11.5. The first-order valence-electron chi connectivity index (χ1n) is 11.5. The monoisotopic (exact) mass is 471 g/mol. The second-order valence-corrected chi connectivity index (χ2v) is 8.43. The van der Waals surface area contributed by atoms with Crippen molar-refractivity contribution >= 4 is 16.7 Å². The van der Waals surface area contributed by atoms with Crippen molar-refractivity contribution in [2.75, 3.05) is 13.2 Å². The Hall–Kier alpha value is -4.27. The zero-order valence-electron chi connectivity index (χ0n) is 19.1. The number of rotatable bonds is 4. The molecule has 0 N–H and O–H groups in total. The third-order valence-electron chi connectivity index (χ3n) is 6.16. The molecule has 6 rings (SSSR count). The Labute approximate surface area is 199 Å². The average molecular weight is 471 g/mol. The van der Waals surface area contributed by atoms with Gasteiger partial charge in [0.1, 0.15) is 11.3 Å². The molecule has 0 spiro atoms. The van der Waals surface area contributed by atoms with Gasteiger partial charge in [0.15, 0.2) is 22.7 Å². The van der Waals surface area contributed by atoms with Crippen LogP contribution < -0.4 is 15.0 Å². The van der Waals surface area contributed by atoms with E-state index in [-0.39, 0.29) is 16.9 Å². The van der Waals surface area contributed by atoms with E-state index in [1.165, 1.54) is 12.1 Å². The lowest BCUT2D eigenvalue weighted by Crippen LogP contribution is -2.22. The maximum absolute atomic E-state index is 13.5. The normalized spacial score (nSPS) is 13.3. The van der Waals surface area contributed by atoms with Gasteiger partial charge in [0, 0.05) is 12.6 Å². The number of fused-ring (bicyclic) bond motifs is 4. The van der Waals surface area contributed by atoms with E-state index in [2.05, 4.69) is 10.2 Å². The number of aryl methyl sites for hydroxylation is 1. The van der Waals surface area contributed by atoms with Crippen LogP contribution >= 0.6 is 0 Å². The summed E-state index contributed by atoms with van der Waals surface area (Å²) >= 11 is 0. The number of hydrogen-bond acceptors (Lipinski definition) is 6. The van der Waals surface area contributed by atoms with Crippen molar-refractivity contribution in [2.45, 2.75) is 26.3 Å². The zero-order valence-corrected chi connectivity index (χ0v) is 19.1. The lowest BCUT2D eigenvalue weighted by molar-refractivity contribution is 0.297. The number of pyridine rings is 1. The molecule has 0 bridgehead atoms. The first-order chi connectivity index (χ1) is 17.1. The van der Waals surface area contributed by atoms with Crippen LogP contribution in [-0.4, -0.2) is 37.6 Å². The summed E-state index contributed by atoms with van der Waals surface area (Å²) in [6.07, 6.45) is 3.22. The highest BCUT2D eigenvalue weighted by Crippen LogP contribution is 2.31. The minimum atomic E-state index is -0.311. The maximum atomic E-state index is 13.5. The molecule has 0 fully saturated rings. The van der Waals surface area contributed by atoms with Crippen molar-refractivity contribution in [3.8, 4) is 22.6 Å². The summed E-state index contributed by atoms with van der Waals surface area (Å²) in [5, 5.41) is 13.4. The van der Waals surface area contributed by atoms with Gasteiger partial charge in [-0.05, 0) is 47.9 Å². The van der Waals surface area contributed by atoms with Gasteiger partial charge in [0.05, 0.1) is 31.0 Å². The lowest BCUT2D eigenvalue weighted by atomic mass is 10.0. The second-order valence-electron chi connectivity index (χ2n) is 8.43. The molecule has 0 unspecified atom stereocenters. The number of halogens is 1. The fourth-order valence-corrected chi connectivity index (χ4v) is 4.42. The van der Waals surface area contributed by atoms with E-state index in [1.807, 2.05) is 31.2 Å². The second kappa shape index (κ2) is 8.50. The number of hydrogen-bond donors (Lipinski definition) is 0. The smallest absolute Gasteiger partial charge is 0.280 e. The van der Waals surface area contributed by atoms with E-state index in [0.29, 0.717) is 48.8 Å². The Morgan fingerprint density at radius 3 is 2.60 bits per heavy atom. The van der Waals surface area contributed by atoms with E-state index < -0.39 is 0 Å². The van der Waals surface area contributed by atoms with Crippen molar-refractivity contribution in [1.29, 1.82) is 0 Å². The van der Waals surface area contributed by atoms with E-state index >= 15 is 0 Å². The van der Waals surface area contributed by atoms with Crippen molar-refractivity contribution in [1.82, 2.24) is 24.4 Å². The van der Waals surface area contributed by atoms with Crippen molar-refractivity contribution in [3.05, 3.63) is 82.2 Å². The Balaban J connectivity index is 1.43. The number of aromatic nitrogens is 5. The zero-order chi connectivity index (χ0) is 23.9. The van der Waals surface area contributed by atoms with Gasteiger partial charge in [0.2, 0.25) is 0 Å². The Morgan fingerprint density at radius 2 is 1.80 bits per heavy atom. The number of ether oxygens (including phenoxy) is 2. The number of nitrogens with zero attached hydrogens (tertiary/aromatic N) is 5. The van der Waals surface area contributed by atoms with Crippen molar-refractivity contribution in [3.63, 3.8) is 0 Å². The molecular weight excluding hydrogens is 449 g/mol. The quantitative estimate of drug-likeness (QED) is 0.394. The molecule has 0 saturated carbocycles. The van der Waals surface area contributed by atoms with Gasteiger partial charge in [-0.3, -0.25) is 4.79 Å². The van der Waals surface area contributed by atoms with Gasteiger partial charge >= 0.3 is 0 Å². The molecule has 2 aromatic carbocycles. The van der Waals surface area contributed by atoms with Crippen LogP contribution in [0.3, 0.4) is 0 Å². The molecule has 3 aromatic heterocycles. The molecule has 0 amide bonds. The summed E-state index contributed by atoms with van der Waals surface area (Å²) in [5.74, 6) is 1.09. The van der Waals surface area contributed by atoms with E-state index in [9.17, 15) is 9.18 Å². The van der Waals surface area contributed by atoms with Crippen LogP contribution in [0.5, 0.6) is 11.5 Å². The van der Waals surface area contributed by atoms with Crippen LogP contribution in [0, 0.1) is 5.82 Å². The average Bonchev–Trinajstić information content (AvgIpc) is 3.10. The summed E-state index contributed by atoms with van der Waals surface area (Å²) in [4.78, 5) is 13.3. The Kier molecular flexibility index (Phi) is 5.17. The van der Waals surface area contributed by atoms with Crippen LogP contribution in [0.2, 0.25) is 0 Å². The summed E-state index contributed by atoms with van der Waals surface area (Å²) < 4.78 is 28.2. The largest absolute Gasteiger partial charge is 0.490 e. The fraction of sp³-hybridized carbons (Fsp3) is 0.231. The molecule has 9 heteroatoms. The van der Waals surface area contributed by atoms with Gasteiger partial charge in [-0.15, -0.1) is 10.2 Å². The molecule has 35 heavy (non-hydrogen) atoms. The van der Waals surface area contributed by atoms with Crippen LogP contribution in [0.4, 0.5) is 4.39 Å². The molecular formula is C26H22FN5O3. The molecule has 176 valence electrons. The molecule has 8 nitrogen and oxygen atoms in total. The van der Waals surface area contributed by atoms with Gasteiger partial charge in [-0.25, -0.2) is 8.91 Å². The van der Waals surface area contributed by atoms with E-state index in [1.54, 1.807) is 27.4 Å². The molecule has 5 aromatic rings. The highest BCUT2D eigenvalue weighted by Gasteiger charge is 2.19. The predicted octanol–water partition coefficient (Wildman–Crippen LogP) is 4.02. The highest BCUT2D eigenvalue weighted by atomic mass is 19.1. The van der Waals surface area contributed by atoms with Crippen LogP contribution in [0.25, 0.3) is 27.8 Å². The van der Waals surface area contributed by atoms with E-state index in [0.717, 1.165) is 28.8 Å². The first kappa shape index (κ1) is 21.3. The predicted molar refractivity (Wildman–Crippen MR) is 128 cm³/mol. The minimum Gasteiger partial charge on any atom is -0.490 e. The summed E-state index contributed by atoms with van der Waals surface area (Å²) in [6.45, 7) is 3.57. The molecule has 1 aliphatic rings. The molecule has 1 aliphatic heterocycles. The Bertz CT molecular complexity index is 1620. The summed E-state index contributed by atoms with van der Waals surface area (Å²) in [7, 11) is 0. The minimum absolute atomic E-state index is 0.227. The standard InChI is InChI=1S/C26H22FN5O3/c1-2-19-23(17-5-7-18(27)8-6-17)25-29-28-24-20(32(25)30-19)10-11-31(26(24)33)15-16-4-9-21-22(14-16)35-13-3-12-34-21/h4-11,14H,2-3,12-13,15H2,1H3.